The van der Waals surface area contributed by atoms with Crippen molar-refractivity contribution in [1.82, 2.24) is 0 Å². The van der Waals surface area contributed by atoms with E-state index in [0.29, 0.717) is 0 Å². The second kappa shape index (κ2) is 4.01. The second-order valence-electron chi connectivity index (χ2n) is 3.11. The fourth-order valence-corrected chi connectivity index (χ4v) is 2.12. The van der Waals surface area contributed by atoms with Crippen molar-refractivity contribution in [2.45, 2.75) is 5.33 Å². The largest absolute Gasteiger partial charge is 0.496 e. The molecular formula is C12H11BrO. The van der Waals surface area contributed by atoms with Gasteiger partial charge in [0.05, 0.1) is 7.11 Å². The van der Waals surface area contributed by atoms with Gasteiger partial charge in [-0.15, -0.1) is 0 Å². The third kappa shape index (κ3) is 1.50. The highest BCUT2D eigenvalue weighted by atomic mass is 79.9. The lowest BCUT2D eigenvalue weighted by Crippen LogP contribution is -1.87. The Morgan fingerprint density at radius 1 is 1.07 bits per heavy atom. The molecule has 0 heterocycles. The number of alkyl halides is 1. The summed E-state index contributed by atoms with van der Waals surface area (Å²) in [5.41, 5.74) is 1.29. The van der Waals surface area contributed by atoms with Gasteiger partial charge in [-0.2, -0.15) is 0 Å². The summed E-state index contributed by atoms with van der Waals surface area (Å²) in [7, 11) is 1.70. The lowest BCUT2D eigenvalue weighted by molar-refractivity contribution is 0.420. The van der Waals surface area contributed by atoms with Crippen molar-refractivity contribution in [2.75, 3.05) is 7.11 Å². The van der Waals surface area contributed by atoms with Gasteiger partial charge in [-0.1, -0.05) is 46.3 Å². The fraction of sp³-hybridized carbons (Fsp3) is 0.167. The SMILES string of the molecule is COc1ccc(CBr)c2ccccc12. The van der Waals surface area contributed by atoms with Crippen LogP contribution in [0, 0.1) is 0 Å². The smallest absolute Gasteiger partial charge is 0.126 e. The normalized spacial score (nSPS) is 10.4. The van der Waals surface area contributed by atoms with E-state index >= 15 is 0 Å². The molecule has 0 aliphatic rings. The van der Waals surface area contributed by atoms with E-state index in [4.69, 9.17) is 4.74 Å². The predicted molar refractivity (Wildman–Crippen MR) is 63.1 cm³/mol. The van der Waals surface area contributed by atoms with Gasteiger partial charge < -0.3 is 4.74 Å². The highest BCUT2D eigenvalue weighted by Gasteiger charge is 2.03. The van der Waals surface area contributed by atoms with Gasteiger partial charge >= 0.3 is 0 Å². The molecule has 0 fully saturated rings. The van der Waals surface area contributed by atoms with E-state index in [1.807, 2.05) is 18.2 Å². The molecule has 0 radical (unpaired) electrons. The van der Waals surface area contributed by atoms with Crippen LogP contribution in [0.5, 0.6) is 5.75 Å². The summed E-state index contributed by atoms with van der Waals surface area (Å²) in [4.78, 5) is 0. The van der Waals surface area contributed by atoms with Gasteiger partial charge in [-0.3, -0.25) is 0 Å². The molecule has 0 aliphatic heterocycles. The number of halogens is 1. The van der Waals surface area contributed by atoms with E-state index < -0.39 is 0 Å². The topological polar surface area (TPSA) is 9.23 Å². The van der Waals surface area contributed by atoms with E-state index in [0.717, 1.165) is 11.1 Å². The Hall–Kier alpha value is -1.02. The second-order valence-corrected chi connectivity index (χ2v) is 3.67. The van der Waals surface area contributed by atoms with Crippen LogP contribution in [0.25, 0.3) is 10.8 Å². The summed E-state index contributed by atoms with van der Waals surface area (Å²) in [6.45, 7) is 0. The molecule has 0 aromatic heterocycles. The Balaban J connectivity index is 2.78. The average molecular weight is 251 g/mol. The van der Waals surface area contributed by atoms with Crippen LogP contribution in [0.3, 0.4) is 0 Å². The molecule has 2 aromatic carbocycles. The van der Waals surface area contributed by atoms with Gasteiger partial charge in [0.15, 0.2) is 0 Å². The number of methoxy groups -OCH3 is 1. The van der Waals surface area contributed by atoms with E-state index in [-0.39, 0.29) is 0 Å². The number of ether oxygens (including phenoxy) is 1. The van der Waals surface area contributed by atoms with E-state index in [1.54, 1.807) is 7.11 Å². The van der Waals surface area contributed by atoms with Crippen LogP contribution in [0.15, 0.2) is 36.4 Å². The average Bonchev–Trinajstić information content (AvgIpc) is 2.27. The predicted octanol–water partition coefficient (Wildman–Crippen LogP) is 3.74. The van der Waals surface area contributed by atoms with E-state index in [2.05, 4.69) is 34.1 Å². The van der Waals surface area contributed by atoms with Crippen LogP contribution in [-0.2, 0) is 5.33 Å². The van der Waals surface area contributed by atoms with Gasteiger partial charge in [0, 0.05) is 10.7 Å². The molecule has 2 heteroatoms. The molecule has 72 valence electrons. The van der Waals surface area contributed by atoms with Crippen LogP contribution in [0.2, 0.25) is 0 Å². The van der Waals surface area contributed by atoms with Gasteiger partial charge in [0.2, 0.25) is 0 Å². The van der Waals surface area contributed by atoms with Gasteiger partial charge in [0.25, 0.3) is 0 Å². The quantitative estimate of drug-likeness (QED) is 0.738. The first-order valence-electron chi connectivity index (χ1n) is 4.47. The monoisotopic (exact) mass is 250 g/mol. The van der Waals surface area contributed by atoms with Gasteiger partial charge in [-0.05, 0) is 17.0 Å². The molecule has 0 saturated carbocycles. The Labute approximate surface area is 91.8 Å². The number of hydrogen-bond donors (Lipinski definition) is 0. The molecule has 0 amide bonds. The standard InChI is InChI=1S/C12H11BrO/c1-14-12-7-6-9(8-13)10-4-2-3-5-11(10)12/h2-7H,8H2,1H3. The van der Waals surface area contributed by atoms with Crippen LogP contribution in [0.4, 0.5) is 0 Å². The highest BCUT2D eigenvalue weighted by Crippen LogP contribution is 2.29. The zero-order valence-corrected chi connectivity index (χ0v) is 9.54. The van der Waals surface area contributed by atoms with Crippen molar-refractivity contribution in [3.05, 3.63) is 42.0 Å². The summed E-state index contributed by atoms with van der Waals surface area (Å²) in [6, 6.07) is 12.4. The van der Waals surface area contributed by atoms with Crippen molar-refractivity contribution >= 4 is 26.7 Å². The molecule has 14 heavy (non-hydrogen) atoms. The molecule has 0 spiro atoms. The highest BCUT2D eigenvalue weighted by molar-refractivity contribution is 9.08. The maximum Gasteiger partial charge on any atom is 0.126 e. The first kappa shape index (κ1) is 9.53. The van der Waals surface area contributed by atoms with Crippen LogP contribution in [-0.4, -0.2) is 7.11 Å². The Morgan fingerprint density at radius 2 is 1.79 bits per heavy atom. The molecule has 0 unspecified atom stereocenters. The van der Waals surface area contributed by atoms with Crippen LogP contribution in [0.1, 0.15) is 5.56 Å². The molecule has 2 rings (SSSR count). The first-order chi connectivity index (χ1) is 6.86. The Bertz CT molecular complexity index is 409. The summed E-state index contributed by atoms with van der Waals surface area (Å²) in [5.74, 6) is 0.935. The molecule has 0 bridgehead atoms. The fourth-order valence-electron chi connectivity index (χ4n) is 1.63. The Morgan fingerprint density at radius 3 is 2.43 bits per heavy atom. The molecule has 0 aliphatic carbocycles. The zero-order chi connectivity index (χ0) is 9.97. The summed E-state index contributed by atoms with van der Waals surface area (Å²) in [5, 5.41) is 3.30. The van der Waals surface area contributed by atoms with Crippen LogP contribution < -0.4 is 4.74 Å². The molecule has 2 aromatic rings. The van der Waals surface area contributed by atoms with Crippen LogP contribution >= 0.6 is 15.9 Å². The molecule has 0 N–H and O–H groups in total. The van der Waals surface area contributed by atoms with Gasteiger partial charge in [0.1, 0.15) is 5.75 Å². The third-order valence-electron chi connectivity index (χ3n) is 2.34. The van der Waals surface area contributed by atoms with E-state index in [9.17, 15) is 0 Å². The summed E-state index contributed by atoms with van der Waals surface area (Å²) >= 11 is 3.48. The van der Waals surface area contributed by atoms with Crippen molar-refractivity contribution in [3.63, 3.8) is 0 Å². The third-order valence-corrected chi connectivity index (χ3v) is 2.94. The van der Waals surface area contributed by atoms with Crippen molar-refractivity contribution in [2.24, 2.45) is 0 Å². The minimum atomic E-state index is 0.873. The number of rotatable bonds is 2. The first-order valence-corrected chi connectivity index (χ1v) is 5.59. The Kier molecular flexibility index (Phi) is 2.73. The van der Waals surface area contributed by atoms with Crippen molar-refractivity contribution in [3.8, 4) is 5.75 Å². The summed E-state index contributed by atoms with van der Waals surface area (Å²) in [6.07, 6.45) is 0. The number of benzene rings is 2. The molecule has 1 nitrogen and oxygen atoms in total. The van der Waals surface area contributed by atoms with Gasteiger partial charge in [-0.25, -0.2) is 0 Å². The minimum Gasteiger partial charge on any atom is -0.496 e. The zero-order valence-electron chi connectivity index (χ0n) is 7.96. The van der Waals surface area contributed by atoms with E-state index in [1.165, 1.54) is 16.3 Å². The molecular weight excluding hydrogens is 240 g/mol. The lowest BCUT2D eigenvalue weighted by atomic mass is 10.1. The maximum absolute atomic E-state index is 5.31. The lowest BCUT2D eigenvalue weighted by Gasteiger charge is -2.08. The molecule has 0 atom stereocenters. The van der Waals surface area contributed by atoms with Crippen molar-refractivity contribution in [1.29, 1.82) is 0 Å². The van der Waals surface area contributed by atoms with Crippen molar-refractivity contribution < 1.29 is 4.74 Å². The molecule has 0 saturated heterocycles. The maximum atomic E-state index is 5.31. The number of fused-ring (bicyclic) bond motifs is 1. The summed E-state index contributed by atoms with van der Waals surface area (Å²) < 4.78 is 5.31. The number of hydrogen-bond acceptors (Lipinski definition) is 1. The minimum absolute atomic E-state index is 0.873.